The van der Waals surface area contributed by atoms with Gasteiger partial charge in [0.05, 0.1) is 25.2 Å². The quantitative estimate of drug-likeness (QED) is 0.551. The Bertz CT molecular complexity index is 515. The molecule has 0 heterocycles. The second-order valence-electron chi connectivity index (χ2n) is 4.29. The van der Waals surface area contributed by atoms with E-state index >= 15 is 0 Å². The Kier molecular flexibility index (Phi) is 8.06. The number of Topliss-reactive ketones (excluding diaryl/α,β-unsaturated/α-hetero) is 1. The first-order valence-corrected chi connectivity index (χ1v) is 7.89. The van der Waals surface area contributed by atoms with Crippen LogP contribution in [0.1, 0.15) is 13.3 Å². The number of rotatable bonds is 9. The van der Waals surface area contributed by atoms with Gasteiger partial charge in [0.25, 0.3) is 0 Å². The van der Waals surface area contributed by atoms with Crippen LogP contribution < -0.4 is 10.1 Å². The lowest BCUT2D eigenvalue weighted by Gasteiger charge is -2.06. The molecule has 1 rings (SSSR count). The predicted octanol–water partition coefficient (Wildman–Crippen LogP) is 1.89. The molecule has 0 aliphatic carbocycles. The zero-order valence-corrected chi connectivity index (χ0v) is 13.4. The van der Waals surface area contributed by atoms with E-state index in [0.29, 0.717) is 11.4 Å². The molecule has 1 aromatic carbocycles. The number of esters is 1. The zero-order chi connectivity index (χ0) is 16.4. The van der Waals surface area contributed by atoms with Gasteiger partial charge >= 0.3 is 5.97 Å². The van der Waals surface area contributed by atoms with E-state index in [1.165, 1.54) is 0 Å². The molecule has 1 aromatic rings. The molecule has 1 N–H and O–H groups in total. The van der Waals surface area contributed by atoms with Gasteiger partial charge in [0, 0.05) is 5.69 Å². The molecule has 0 saturated heterocycles. The van der Waals surface area contributed by atoms with Crippen molar-refractivity contribution in [2.75, 3.05) is 30.5 Å². The summed E-state index contributed by atoms with van der Waals surface area (Å²) < 4.78 is 9.70. The molecule has 0 bridgehead atoms. The Morgan fingerprint density at radius 3 is 2.41 bits per heavy atom. The normalized spacial score (nSPS) is 9.91. The van der Waals surface area contributed by atoms with Crippen molar-refractivity contribution in [2.45, 2.75) is 13.3 Å². The highest BCUT2D eigenvalue weighted by atomic mass is 32.2. The van der Waals surface area contributed by atoms with E-state index in [2.05, 4.69) is 10.1 Å². The monoisotopic (exact) mass is 325 g/mol. The Hall–Kier alpha value is -2.02. The summed E-state index contributed by atoms with van der Waals surface area (Å²) in [4.78, 5) is 34.3. The number of methoxy groups -OCH3 is 1. The van der Waals surface area contributed by atoms with Gasteiger partial charge in [0.1, 0.15) is 12.2 Å². The SMILES string of the molecule is CCOC(=O)CC(=O)CSCC(=O)Nc1ccc(OC)cc1. The lowest BCUT2D eigenvalue weighted by Crippen LogP contribution is -2.17. The Balaban J connectivity index is 2.25. The van der Waals surface area contributed by atoms with E-state index in [-0.39, 0.29) is 36.2 Å². The largest absolute Gasteiger partial charge is 0.497 e. The molecular formula is C15H19NO5S. The summed E-state index contributed by atoms with van der Waals surface area (Å²) >= 11 is 1.16. The minimum absolute atomic E-state index is 0.106. The molecule has 0 unspecified atom stereocenters. The van der Waals surface area contributed by atoms with Crippen molar-refractivity contribution in [3.8, 4) is 5.75 Å². The van der Waals surface area contributed by atoms with Crippen molar-refractivity contribution in [1.29, 1.82) is 0 Å². The molecule has 1 amide bonds. The highest BCUT2D eigenvalue weighted by Gasteiger charge is 2.11. The third-order valence-corrected chi connectivity index (χ3v) is 3.51. The van der Waals surface area contributed by atoms with Gasteiger partial charge in [-0.05, 0) is 31.2 Å². The number of ketones is 1. The Morgan fingerprint density at radius 1 is 1.14 bits per heavy atom. The standard InChI is InChI=1S/C15H19NO5S/c1-3-21-15(19)8-12(17)9-22-10-14(18)16-11-4-6-13(20-2)7-5-11/h4-7H,3,8-10H2,1-2H3,(H,16,18). The molecule has 0 fully saturated rings. The maximum atomic E-state index is 11.7. The fourth-order valence-electron chi connectivity index (χ4n) is 1.55. The van der Waals surface area contributed by atoms with Crippen LogP contribution in [-0.4, -0.2) is 42.9 Å². The summed E-state index contributed by atoms with van der Waals surface area (Å²) in [5, 5.41) is 2.71. The number of thioether (sulfide) groups is 1. The molecule has 0 atom stereocenters. The molecule has 120 valence electrons. The van der Waals surface area contributed by atoms with Crippen LogP contribution in [-0.2, 0) is 19.1 Å². The number of benzene rings is 1. The molecule has 0 aromatic heterocycles. The number of amides is 1. The summed E-state index contributed by atoms with van der Waals surface area (Å²) in [5.74, 6) is -0.0392. The van der Waals surface area contributed by atoms with Gasteiger partial charge in [-0.2, -0.15) is 0 Å². The second kappa shape index (κ2) is 9.83. The smallest absolute Gasteiger partial charge is 0.313 e. The minimum atomic E-state index is -0.532. The first kappa shape index (κ1) is 18.0. The van der Waals surface area contributed by atoms with E-state index in [1.54, 1.807) is 38.3 Å². The summed E-state index contributed by atoms with van der Waals surface area (Å²) in [6.07, 6.45) is -0.249. The molecular weight excluding hydrogens is 306 g/mol. The van der Waals surface area contributed by atoms with Crippen molar-refractivity contribution >= 4 is 35.1 Å². The number of anilines is 1. The van der Waals surface area contributed by atoms with Gasteiger partial charge in [-0.1, -0.05) is 0 Å². The molecule has 0 spiro atoms. The van der Waals surface area contributed by atoms with Gasteiger partial charge in [-0.3, -0.25) is 14.4 Å². The van der Waals surface area contributed by atoms with Crippen molar-refractivity contribution < 1.29 is 23.9 Å². The number of hydrogen-bond donors (Lipinski definition) is 1. The van der Waals surface area contributed by atoms with Crippen LogP contribution in [0.25, 0.3) is 0 Å². The predicted molar refractivity (Wildman–Crippen MR) is 85.2 cm³/mol. The summed E-state index contributed by atoms with van der Waals surface area (Å²) in [7, 11) is 1.57. The van der Waals surface area contributed by atoms with E-state index in [4.69, 9.17) is 4.74 Å². The van der Waals surface area contributed by atoms with Crippen molar-refractivity contribution in [3.63, 3.8) is 0 Å². The first-order chi connectivity index (χ1) is 10.5. The van der Waals surface area contributed by atoms with E-state index in [1.807, 2.05) is 0 Å². The Morgan fingerprint density at radius 2 is 1.82 bits per heavy atom. The van der Waals surface area contributed by atoms with Gasteiger partial charge < -0.3 is 14.8 Å². The highest BCUT2D eigenvalue weighted by molar-refractivity contribution is 8.00. The average molecular weight is 325 g/mol. The molecule has 22 heavy (non-hydrogen) atoms. The second-order valence-corrected chi connectivity index (χ2v) is 5.28. The Labute approximate surface area is 133 Å². The lowest BCUT2D eigenvalue weighted by molar-refractivity contribution is -0.145. The fraction of sp³-hybridized carbons (Fsp3) is 0.400. The molecule has 6 nitrogen and oxygen atoms in total. The van der Waals surface area contributed by atoms with Crippen molar-refractivity contribution in [3.05, 3.63) is 24.3 Å². The van der Waals surface area contributed by atoms with Crippen LogP contribution in [0.2, 0.25) is 0 Å². The topological polar surface area (TPSA) is 81.7 Å². The van der Waals surface area contributed by atoms with Gasteiger partial charge in [0.15, 0.2) is 5.78 Å². The van der Waals surface area contributed by atoms with E-state index in [0.717, 1.165) is 11.8 Å². The van der Waals surface area contributed by atoms with Crippen molar-refractivity contribution in [1.82, 2.24) is 0 Å². The van der Waals surface area contributed by atoms with Crippen LogP contribution in [0.3, 0.4) is 0 Å². The van der Waals surface area contributed by atoms with Crippen LogP contribution >= 0.6 is 11.8 Å². The average Bonchev–Trinajstić information content (AvgIpc) is 2.48. The number of ether oxygens (including phenoxy) is 2. The minimum Gasteiger partial charge on any atom is -0.497 e. The molecule has 0 aliphatic rings. The third-order valence-electron chi connectivity index (χ3n) is 2.52. The van der Waals surface area contributed by atoms with Gasteiger partial charge in [-0.15, -0.1) is 11.8 Å². The lowest BCUT2D eigenvalue weighted by atomic mass is 10.3. The molecule has 0 saturated carbocycles. The van der Waals surface area contributed by atoms with Crippen LogP contribution in [0.15, 0.2) is 24.3 Å². The molecule has 7 heteroatoms. The number of carbonyl (C=O) groups excluding carboxylic acids is 3. The number of carbonyl (C=O) groups is 3. The number of nitrogens with one attached hydrogen (secondary N) is 1. The summed E-state index contributed by atoms with van der Waals surface area (Å²) in [6, 6.07) is 6.94. The highest BCUT2D eigenvalue weighted by Crippen LogP contribution is 2.15. The first-order valence-electron chi connectivity index (χ1n) is 6.74. The summed E-state index contributed by atoms with van der Waals surface area (Å²) in [5.41, 5.74) is 0.657. The molecule has 0 aliphatic heterocycles. The maximum Gasteiger partial charge on any atom is 0.313 e. The van der Waals surface area contributed by atoms with Crippen LogP contribution in [0.4, 0.5) is 5.69 Å². The van der Waals surface area contributed by atoms with Crippen LogP contribution in [0, 0.1) is 0 Å². The maximum absolute atomic E-state index is 11.7. The van der Waals surface area contributed by atoms with Crippen LogP contribution in [0.5, 0.6) is 5.75 Å². The van der Waals surface area contributed by atoms with Crippen molar-refractivity contribution in [2.24, 2.45) is 0 Å². The van der Waals surface area contributed by atoms with E-state index < -0.39 is 5.97 Å². The number of hydrogen-bond acceptors (Lipinski definition) is 6. The zero-order valence-electron chi connectivity index (χ0n) is 12.6. The fourth-order valence-corrected chi connectivity index (χ4v) is 2.24. The third kappa shape index (κ3) is 7.12. The van der Waals surface area contributed by atoms with Gasteiger partial charge in [0.2, 0.25) is 5.91 Å². The van der Waals surface area contributed by atoms with E-state index in [9.17, 15) is 14.4 Å². The molecule has 0 radical (unpaired) electrons. The van der Waals surface area contributed by atoms with Gasteiger partial charge in [-0.25, -0.2) is 0 Å². The summed E-state index contributed by atoms with van der Waals surface area (Å²) in [6.45, 7) is 1.93.